The minimum Gasteiger partial charge on any atom is -0.454 e. The number of rotatable bonds is 4. The first kappa shape index (κ1) is 18.0. The maximum atomic E-state index is 12.6. The molecule has 1 aliphatic rings. The van der Waals surface area contributed by atoms with Crippen LogP contribution in [0.2, 0.25) is 15.1 Å². The number of carbonyl (C=O) groups excluding carboxylic acids is 1. The van der Waals surface area contributed by atoms with Crippen molar-refractivity contribution in [3.05, 3.63) is 68.8 Å². The van der Waals surface area contributed by atoms with E-state index in [9.17, 15) is 4.79 Å². The van der Waals surface area contributed by atoms with Crippen LogP contribution in [0.25, 0.3) is 0 Å². The average molecular weight is 425 g/mol. The summed E-state index contributed by atoms with van der Waals surface area (Å²) in [6.45, 7) is 0.454. The molecule has 0 radical (unpaired) electrons. The molecular weight excluding hydrogens is 413 g/mol. The van der Waals surface area contributed by atoms with Crippen molar-refractivity contribution in [2.75, 3.05) is 12.1 Å². The molecule has 9 heteroatoms. The molecule has 3 aromatic rings. The predicted octanol–water partition coefficient (Wildman–Crippen LogP) is 4.87. The number of benzene rings is 2. The van der Waals surface area contributed by atoms with Gasteiger partial charge in [-0.25, -0.2) is 4.68 Å². The third kappa shape index (κ3) is 3.69. The van der Waals surface area contributed by atoms with Crippen LogP contribution in [0.4, 0.5) is 5.82 Å². The van der Waals surface area contributed by atoms with Gasteiger partial charge in [0.15, 0.2) is 11.5 Å². The molecule has 2 aromatic carbocycles. The van der Waals surface area contributed by atoms with Gasteiger partial charge in [0.25, 0.3) is 5.91 Å². The lowest BCUT2D eigenvalue weighted by molar-refractivity contribution is 0.102. The number of amides is 1. The van der Waals surface area contributed by atoms with Crippen LogP contribution in [-0.4, -0.2) is 22.5 Å². The molecule has 27 heavy (non-hydrogen) atoms. The summed E-state index contributed by atoms with van der Waals surface area (Å²) in [5, 5.41) is 8.45. The van der Waals surface area contributed by atoms with E-state index in [0.717, 1.165) is 5.56 Å². The first-order valence-electron chi connectivity index (χ1n) is 7.87. The molecule has 0 aliphatic carbocycles. The number of nitrogens with one attached hydrogen (secondary N) is 1. The molecule has 4 rings (SSSR count). The third-order valence-corrected chi connectivity index (χ3v) is 4.85. The van der Waals surface area contributed by atoms with Gasteiger partial charge < -0.3 is 14.8 Å². The molecule has 0 fully saturated rings. The second-order valence-corrected chi connectivity index (χ2v) is 7.01. The highest BCUT2D eigenvalue weighted by Gasteiger charge is 2.21. The number of aromatic nitrogens is 2. The van der Waals surface area contributed by atoms with Crippen LogP contribution < -0.4 is 14.8 Å². The largest absolute Gasteiger partial charge is 0.454 e. The zero-order valence-corrected chi connectivity index (χ0v) is 16.0. The molecule has 1 aliphatic heterocycles. The van der Waals surface area contributed by atoms with Gasteiger partial charge in [-0.05, 0) is 29.8 Å². The molecule has 6 nitrogen and oxygen atoms in total. The first-order chi connectivity index (χ1) is 13.0. The van der Waals surface area contributed by atoms with Gasteiger partial charge in [-0.1, -0.05) is 40.9 Å². The van der Waals surface area contributed by atoms with Crippen LogP contribution in [-0.2, 0) is 6.54 Å². The summed E-state index contributed by atoms with van der Waals surface area (Å²) in [7, 11) is 0. The highest BCUT2D eigenvalue weighted by Crippen LogP contribution is 2.39. The van der Waals surface area contributed by atoms with E-state index in [0.29, 0.717) is 44.5 Å². The lowest BCUT2D eigenvalue weighted by atomic mass is 10.2. The molecule has 1 aromatic heterocycles. The Bertz CT molecular complexity index is 1040. The van der Waals surface area contributed by atoms with E-state index in [1.54, 1.807) is 35.1 Å². The number of hydrogen-bond acceptors (Lipinski definition) is 4. The fraction of sp³-hybridized carbons (Fsp3) is 0.111. The number of carbonyl (C=O) groups is 1. The summed E-state index contributed by atoms with van der Waals surface area (Å²) in [6.07, 6.45) is 1.59. The Morgan fingerprint density at radius 2 is 1.96 bits per heavy atom. The van der Waals surface area contributed by atoms with Crippen molar-refractivity contribution < 1.29 is 14.3 Å². The van der Waals surface area contributed by atoms with Crippen molar-refractivity contribution in [2.45, 2.75) is 6.54 Å². The van der Waals surface area contributed by atoms with Gasteiger partial charge in [-0.2, -0.15) is 5.10 Å². The van der Waals surface area contributed by atoms with Gasteiger partial charge >= 0.3 is 0 Å². The van der Waals surface area contributed by atoms with Crippen LogP contribution >= 0.6 is 34.8 Å². The summed E-state index contributed by atoms with van der Waals surface area (Å²) in [6, 6.07) is 10.0. The van der Waals surface area contributed by atoms with Gasteiger partial charge in [0.2, 0.25) is 6.79 Å². The lowest BCUT2D eigenvalue weighted by Gasteiger charge is -2.11. The van der Waals surface area contributed by atoms with E-state index in [1.807, 2.05) is 6.07 Å². The van der Waals surface area contributed by atoms with Crippen LogP contribution in [0, 0.1) is 0 Å². The van der Waals surface area contributed by atoms with E-state index < -0.39 is 0 Å². The Labute approximate surface area is 169 Å². The molecule has 0 atom stereocenters. The molecule has 0 bridgehead atoms. The Morgan fingerprint density at radius 3 is 2.78 bits per heavy atom. The quantitative estimate of drug-likeness (QED) is 0.649. The van der Waals surface area contributed by atoms with Crippen LogP contribution in [0.15, 0.2) is 42.6 Å². The number of halogens is 3. The van der Waals surface area contributed by atoms with Gasteiger partial charge in [0, 0.05) is 21.7 Å². The Kier molecular flexibility index (Phi) is 4.86. The van der Waals surface area contributed by atoms with E-state index in [1.165, 1.54) is 6.07 Å². The second kappa shape index (κ2) is 7.31. The Balaban J connectivity index is 1.55. The predicted molar refractivity (Wildman–Crippen MR) is 103 cm³/mol. The summed E-state index contributed by atoms with van der Waals surface area (Å²) in [5.74, 6) is 1.05. The Hall–Kier alpha value is -2.41. The van der Waals surface area contributed by atoms with E-state index >= 15 is 0 Å². The lowest BCUT2D eigenvalue weighted by Crippen LogP contribution is -2.16. The summed E-state index contributed by atoms with van der Waals surface area (Å²) >= 11 is 18.3. The number of nitrogens with zero attached hydrogens (tertiary/aromatic N) is 2. The molecule has 2 heterocycles. The van der Waals surface area contributed by atoms with Crippen molar-refractivity contribution in [2.24, 2.45) is 0 Å². The van der Waals surface area contributed by atoms with Crippen molar-refractivity contribution in [1.29, 1.82) is 0 Å². The van der Waals surface area contributed by atoms with E-state index in [2.05, 4.69) is 10.4 Å². The highest BCUT2D eigenvalue weighted by molar-refractivity contribution is 6.35. The fourth-order valence-electron chi connectivity index (χ4n) is 2.66. The summed E-state index contributed by atoms with van der Waals surface area (Å²) < 4.78 is 12.2. The van der Waals surface area contributed by atoms with Crippen molar-refractivity contribution in [3.8, 4) is 11.5 Å². The van der Waals surface area contributed by atoms with Gasteiger partial charge in [0.1, 0.15) is 5.82 Å². The minimum atomic E-state index is -0.348. The zero-order valence-electron chi connectivity index (χ0n) is 13.7. The average Bonchev–Trinajstić information content (AvgIpc) is 3.27. The minimum absolute atomic E-state index is 0.0781. The Morgan fingerprint density at radius 1 is 1.11 bits per heavy atom. The van der Waals surface area contributed by atoms with Crippen molar-refractivity contribution >= 4 is 46.5 Å². The fourth-order valence-corrected chi connectivity index (χ4v) is 3.40. The zero-order chi connectivity index (χ0) is 19.0. The molecule has 0 saturated carbocycles. The van der Waals surface area contributed by atoms with Crippen LogP contribution in [0.5, 0.6) is 11.5 Å². The number of hydrogen-bond donors (Lipinski definition) is 1. The molecule has 1 amide bonds. The number of fused-ring (bicyclic) bond motifs is 1. The van der Waals surface area contributed by atoms with Crippen LogP contribution in [0.3, 0.4) is 0 Å². The molecule has 0 spiro atoms. The smallest absolute Gasteiger partial charge is 0.257 e. The topological polar surface area (TPSA) is 65.4 Å². The second-order valence-electron chi connectivity index (χ2n) is 5.76. The maximum Gasteiger partial charge on any atom is 0.257 e. The number of anilines is 1. The molecule has 0 unspecified atom stereocenters. The van der Waals surface area contributed by atoms with E-state index in [4.69, 9.17) is 44.3 Å². The molecule has 1 N–H and O–H groups in total. The molecule has 138 valence electrons. The maximum absolute atomic E-state index is 12.6. The van der Waals surface area contributed by atoms with E-state index in [-0.39, 0.29) is 12.7 Å². The summed E-state index contributed by atoms with van der Waals surface area (Å²) in [5.41, 5.74) is 1.17. The monoisotopic (exact) mass is 423 g/mol. The van der Waals surface area contributed by atoms with Crippen molar-refractivity contribution in [1.82, 2.24) is 9.78 Å². The third-order valence-electron chi connectivity index (χ3n) is 3.98. The van der Waals surface area contributed by atoms with Crippen molar-refractivity contribution in [3.63, 3.8) is 0 Å². The normalized spacial score (nSPS) is 12.3. The summed E-state index contributed by atoms with van der Waals surface area (Å²) in [4.78, 5) is 12.6. The first-order valence-corrected chi connectivity index (χ1v) is 9.01. The molecule has 0 saturated heterocycles. The standard InChI is InChI=1S/C18H12Cl3N3O3/c19-12-2-1-10(13(20)7-12)8-24-16(3-4-22-24)23-18(25)11-5-14(21)17-15(6-11)26-9-27-17/h1-7H,8-9H2,(H,23,25). The highest BCUT2D eigenvalue weighted by atomic mass is 35.5. The van der Waals surface area contributed by atoms with Gasteiger partial charge in [-0.3, -0.25) is 4.79 Å². The SMILES string of the molecule is O=C(Nc1ccnn1Cc1ccc(Cl)cc1Cl)c1cc(Cl)c2c(c1)OCO2. The number of ether oxygens (including phenoxy) is 2. The van der Waals surface area contributed by atoms with Gasteiger partial charge in [-0.15, -0.1) is 0 Å². The van der Waals surface area contributed by atoms with Crippen LogP contribution in [0.1, 0.15) is 15.9 Å². The van der Waals surface area contributed by atoms with Gasteiger partial charge in [0.05, 0.1) is 17.8 Å². The molecular formula is C18H12Cl3N3O3.